The molecule has 5 nitrogen and oxygen atoms in total. The van der Waals surface area contributed by atoms with Crippen LogP contribution in [0.25, 0.3) is 0 Å². The Labute approximate surface area is 123 Å². The van der Waals surface area contributed by atoms with Crippen molar-refractivity contribution in [2.45, 2.75) is 33.2 Å². The molecule has 2 N–H and O–H groups in total. The number of anilines is 1. The second-order valence-corrected chi connectivity index (χ2v) is 5.05. The van der Waals surface area contributed by atoms with Crippen molar-refractivity contribution in [2.24, 2.45) is 0 Å². The molecule has 0 fully saturated rings. The lowest BCUT2D eigenvalue weighted by atomic mass is 10.1. The second kappa shape index (κ2) is 6.23. The molecule has 5 heteroatoms. The van der Waals surface area contributed by atoms with Gasteiger partial charge in [0.2, 0.25) is 0 Å². The van der Waals surface area contributed by atoms with E-state index in [1.54, 1.807) is 6.92 Å². The van der Waals surface area contributed by atoms with Gasteiger partial charge in [-0.1, -0.05) is 12.1 Å². The van der Waals surface area contributed by atoms with Crippen LogP contribution in [0.2, 0.25) is 0 Å². The van der Waals surface area contributed by atoms with Crippen LogP contribution < -0.4 is 10.9 Å². The summed E-state index contributed by atoms with van der Waals surface area (Å²) in [5, 5.41) is 11.9. The second-order valence-electron chi connectivity index (χ2n) is 5.05. The maximum Gasteiger partial charge on any atom is 0.256 e. The predicted octanol–water partition coefficient (Wildman–Crippen LogP) is 2.63. The molecule has 108 valence electrons. The summed E-state index contributed by atoms with van der Waals surface area (Å²) < 4.78 is 0. The Morgan fingerprint density at radius 2 is 2.00 bits per heavy atom. The minimum Gasteiger partial charge on any atom is -0.378 e. The van der Waals surface area contributed by atoms with Crippen LogP contribution in [-0.2, 0) is 6.42 Å². The van der Waals surface area contributed by atoms with Crippen LogP contribution in [0.1, 0.15) is 35.6 Å². The van der Waals surface area contributed by atoms with E-state index in [0.717, 1.165) is 16.9 Å². The number of rotatable bonds is 4. The summed E-state index contributed by atoms with van der Waals surface area (Å²) in [6.07, 6.45) is 0.399. The molecule has 0 aliphatic heterocycles. The number of nitriles is 1. The first-order valence-corrected chi connectivity index (χ1v) is 6.81. The summed E-state index contributed by atoms with van der Waals surface area (Å²) in [5.74, 6) is 0.620. The van der Waals surface area contributed by atoms with Crippen LogP contribution in [-0.4, -0.2) is 9.97 Å². The number of benzene rings is 1. The first-order valence-electron chi connectivity index (χ1n) is 6.81. The molecule has 1 heterocycles. The molecule has 1 aromatic carbocycles. The quantitative estimate of drug-likeness (QED) is 0.903. The van der Waals surface area contributed by atoms with Gasteiger partial charge in [-0.15, -0.1) is 0 Å². The van der Waals surface area contributed by atoms with Crippen LogP contribution in [0.15, 0.2) is 29.1 Å². The van der Waals surface area contributed by atoms with Gasteiger partial charge in [-0.2, -0.15) is 5.26 Å². The molecule has 21 heavy (non-hydrogen) atoms. The number of H-pyrrole nitrogens is 1. The lowest BCUT2D eigenvalue weighted by molar-refractivity contribution is 0.814. The van der Waals surface area contributed by atoms with Crippen LogP contribution in [0.5, 0.6) is 0 Å². The molecule has 1 atom stereocenters. The Kier molecular flexibility index (Phi) is 4.39. The van der Waals surface area contributed by atoms with E-state index in [4.69, 9.17) is 5.26 Å². The van der Waals surface area contributed by atoms with Crippen molar-refractivity contribution in [1.82, 2.24) is 9.97 Å². The molecule has 2 aromatic rings. The molecule has 0 saturated carbocycles. The number of aromatic amines is 1. The average Bonchev–Trinajstić information content (AvgIpc) is 2.40. The topological polar surface area (TPSA) is 81.6 Å². The van der Waals surface area contributed by atoms with Gasteiger partial charge in [0.1, 0.15) is 5.82 Å². The van der Waals surface area contributed by atoms with Crippen molar-refractivity contribution < 1.29 is 0 Å². The molecule has 0 radical (unpaired) electrons. The normalized spacial score (nSPS) is 11.7. The van der Waals surface area contributed by atoms with Crippen molar-refractivity contribution in [1.29, 1.82) is 5.26 Å². The van der Waals surface area contributed by atoms with E-state index >= 15 is 0 Å². The van der Waals surface area contributed by atoms with Gasteiger partial charge >= 0.3 is 0 Å². The average molecular weight is 282 g/mol. The van der Waals surface area contributed by atoms with Crippen LogP contribution in [0, 0.1) is 25.2 Å². The molecule has 1 unspecified atom stereocenters. The first kappa shape index (κ1) is 14.8. The van der Waals surface area contributed by atoms with Crippen molar-refractivity contribution in [3.63, 3.8) is 0 Å². The standard InChI is InChI=1S/C16H18N4O/c1-10-15(16(21)20-12(3)18-10)11(2)19-14-6-4-13(5-7-14)8-9-17/h4-7,11,19H,8H2,1-3H3,(H,18,20,21). The lowest BCUT2D eigenvalue weighted by Crippen LogP contribution is -2.23. The molecular weight excluding hydrogens is 264 g/mol. The highest BCUT2D eigenvalue weighted by Gasteiger charge is 2.14. The molecule has 0 spiro atoms. The van der Waals surface area contributed by atoms with Gasteiger partial charge in [-0.05, 0) is 38.5 Å². The number of aryl methyl sites for hydroxylation is 2. The Hall–Kier alpha value is -2.61. The van der Waals surface area contributed by atoms with Crippen molar-refractivity contribution >= 4 is 5.69 Å². The highest BCUT2D eigenvalue weighted by molar-refractivity contribution is 5.47. The third-order valence-corrected chi connectivity index (χ3v) is 3.32. The van der Waals surface area contributed by atoms with Gasteiger partial charge in [-0.25, -0.2) is 4.98 Å². The minimum absolute atomic E-state index is 0.110. The summed E-state index contributed by atoms with van der Waals surface area (Å²) in [7, 11) is 0. The van der Waals surface area contributed by atoms with Gasteiger partial charge in [-0.3, -0.25) is 4.79 Å². The van der Waals surface area contributed by atoms with E-state index in [9.17, 15) is 4.79 Å². The Morgan fingerprint density at radius 1 is 1.33 bits per heavy atom. The van der Waals surface area contributed by atoms with E-state index in [1.807, 2.05) is 38.1 Å². The molecule has 0 aliphatic rings. The van der Waals surface area contributed by atoms with Crippen LogP contribution >= 0.6 is 0 Å². The number of nitrogens with one attached hydrogen (secondary N) is 2. The van der Waals surface area contributed by atoms with E-state index < -0.39 is 0 Å². The number of hydrogen-bond acceptors (Lipinski definition) is 4. The van der Waals surface area contributed by atoms with Crippen molar-refractivity contribution in [2.75, 3.05) is 5.32 Å². The minimum atomic E-state index is -0.149. The molecule has 2 rings (SSSR count). The molecule has 0 amide bonds. The van der Waals surface area contributed by atoms with Crippen LogP contribution in [0.3, 0.4) is 0 Å². The summed E-state index contributed by atoms with van der Waals surface area (Å²) >= 11 is 0. The van der Waals surface area contributed by atoms with Crippen molar-refractivity contribution in [3.05, 3.63) is 57.3 Å². The third kappa shape index (κ3) is 3.48. The molecule has 0 bridgehead atoms. The maximum atomic E-state index is 12.1. The zero-order valence-corrected chi connectivity index (χ0v) is 12.4. The zero-order chi connectivity index (χ0) is 15.4. The summed E-state index contributed by atoms with van der Waals surface area (Å²) in [5.41, 5.74) is 3.14. The highest BCUT2D eigenvalue weighted by atomic mass is 16.1. The largest absolute Gasteiger partial charge is 0.378 e. The molecule has 1 aromatic heterocycles. The van der Waals surface area contributed by atoms with Gasteiger partial charge < -0.3 is 10.3 Å². The Bertz CT molecular complexity index is 725. The lowest BCUT2D eigenvalue weighted by Gasteiger charge is -2.17. The molecule has 0 aliphatic carbocycles. The number of hydrogen-bond donors (Lipinski definition) is 2. The van der Waals surface area contributed by atoms with Crippen molar-refractivity contribution in [3.8, 4) is 6.07 Å². The molecular formula is C16H18N4O. The maximum absolute atomic E-state index is 12.1. The fourth-order valence-corrected chi connectivity index (χ4v) is 2.38. The van der Waals surface area contributed by atoms with Gasteiger partial charge in [0.15, 0.2) is 0 Å². The van der Waals surface area contributed by atoms with Gasteiger partial charge in [0.05, 0.1) is 29.8 Å². The van der Waals surface area contributed by atoms with E-state index in [-0.39, 0.29) is 11.6 Å². The van der Waals surface area contributed by atoms with Gasteiger partial charge in [0.25, 0.3) is 5.56 Å². The van der Waals surface area contributed by atoms with E-state index in [0.29, 0.717) is 17.8 Å². The Morgan fingerprint density at radius 3 is 2.57 bits per heavy atom. The summed E-state index contributed by atoms with van der Waals surface area (Å²) in [4.78, 5) is 19.1. The first-order chi connectivity index (χ1) is 10.0. The summed E-state index contributed by atoms with van der Waals surface area (Å²) in [6.45, 7) is 5.54. The monoisotopic (exact) mass is 282 g/mol. The SMILES string of the molecule is Cc1nc(C)c(C(C)Nc2ccc(CC#N)cc2)c(=O)[nH]1. The zero-order valence-electron chi connectivity index (χ0n) is 12.4. The fraction of sp³-hybridized carbons (Fsp3) is 0.312. The fourth-order valence-electron chi connectivity index (χ4n) is 2.38. The Balaban J connectivity index is 2.20. The van der Waals surface area contributed by atoms with E-state index in [1.165, 1.54) is 0 Å². The summed E-state index contributed by atoms with van der Waals surface area (Å²) in [6, 6.07) is 9.60. The highest BCUT2D eigenvalue weighted by Crippen LogP contribution is 2.19. The van der Waals surface area contributed by atoms with Gasteiger partial charge in [0, 0.05) is 5.69 Å². The number of nitrogens with zero attached hydrogens (tertiary/aromatic N) is 2. The van der Waals surface area contributed by atoms with E-state index in [2.05, 4.69) is 21.4 Å². The third-order valence-electron chi connectivity index (χ3n) is 3.32. The molecule has 0 saturated heterocycles. The smallest absolute Gasteiger partial charge is 0.256 e. The predicted molar refractivity (Wildman–Crippen MR) is 82.1 cm³/mol. The number of aromatic nitrogens is 2. The van der Waals surface area contributed by atoms with Crippen LogP contribution in [0.4, 0.5) is 5.69 Å².